The molecule has 180 valence electrons. The number of hydrogen-bond donors (Lipinski definition) is 4. The number of benzene rings is 2. The predicted molar refractivity (Wildman–Crippen MR) is 133 cm³/mol. The van der Waals surface area contributed by atoms with Gasteiger partial charge in [-0.25, -0.2) is 9.37 Å². The number of aromatic amines is 2. The van der Waals surface area contributed by atoms with Crippen LogP contribution in [0.2, 0.25) is 0 Å². The fourth-order valence-electron chi connectivity index (χ4n) is 5.43. The molecule has 35 heavy (non-hydrogen) atoms. The topological polar surface area (TPSA) is 101 Å². The first-order chi connectivity index (χ1) is 17.1. The summed E-state index contributed by atoms with van der Waals surface area (Å²) in [6, 6.07) is 9.09. The Balaban J connectivity index is 1.34. The maximum absolute atomic E-state index is 15.6. The van der Waals surface area contributed by atoms with Gasteiger partial charge in [0.25, 0.3) is 0 Å². The highest BCUT2D eigenvalue weighted by atomic mass is 19.1. The number of imidazole rings is 1. The molecule has 0 unspecified atom stereocenters. The zero-order valence-electron chi connectivity index (χ0n) is 19.6. The minimum absolute atomic E-state index is 0.0369. The van der Waals surface area contributed by atoms with Crippen LogP contribution in [-0.4, -0.2) is 60.5 Å². The van der Waals surface area contributed by atoms with Crippen molar-refractivity contribution in [1.29, 1.82) is 0 Å². The second-order valence-corrected chi connectivity index (χ2v) is 9.40. The number of halogens is 1. The first kappa shape index (κ1) is 22.0. The van der Waals surface area contributed by atoms with E-state index in [2.05, 4.69) is 31.1 Å². The molecule has 1 atom stereocenters. The Labute approximate surface area is 202 Å². The lowest BCUT2D eigenvalue weighted by atomic mass is 9.90. The molecule has 1 fully saturated rings. The van der Waals surface area contributed by atoms with Gasteiger partial charge < -0.3 is 15.2 Å². The second kappa shape index (κ2) is 8.62. The quantitative estimate of drug-likeness (QED) is 0.327. The van der Waals surface area contributed by atoms with Crippen molar-refractivity contribution in [2.24, 2.45) is 0 Å². The van der Waals surface area contributed by atoms with E-state index in [4.69, 9.17) is 0 Å². The van der Waals surface area contributed by atoms with Gasteiger partial charge in [-0.05, 0) is 54.2 Å². The van der Waals surface area contributed by atoms with Crippen molar-refractivity contribution in [3.8, 4) is 28.4 Å². The van der Waals surface area contributed by atoms with Crippen molar-refractivity contribution in [3.63, 3.8) is 0 Å². The summed E-state index contributed by atoms with van der Waals surface area (Å²) in [5.74, 6) is 0.333. The molecule has 7 nitrogen and oxygen atoms in total. The van der Waals surface area contributed by atoms with Gasteiger partial charge in [0, 0.05) is 23.5 Å². The van der Waals surface area contributed by atoms with Crippen LogP contribution in [0, 0.1) is 5.82 Å². The van der Waals surface area contributed by atoms with Crippen LogP contribution >= 0.6 is 0 Å². The second-order valence-electron chi connectivity index (χ2n) is 9.40. The molecule has 1 aliphatic carbocycles. The first-order valence-electron chi connectivity index (χ1n) is 12.2. The summed E-state index contributed by atoms with van der Waals surface area (Å²) in [5, 5.41) is 27.8. The number of rotatable bonds is 6. The largest absolute Gasteiger partial charge is 0.508 e. The smallest absolute Gasteiger partial charge is 0.159 e. The average Bonchev–Trinajstić information content (AvgIpc) is 3.56. The standard InChI is InChI=1S/C27H28FN5O2/c1-2-15-12-17(35)6-7-18(15)19-8-9-21-25(24(19)28)31-32-26(21)27-29-13-22(30-27)20-10-11-33(23(20)14-34)16-4-3-5-16/h6-10,12-13,16,23,34-35H,2-5,11,14H2,1H3,(H,29,30)(H,31,32)/t23-/m0/s1. The number of nitrogens with one attached hydrogen (secondary N) is 2. The zero-order valence-corrected chi connectivity index (χ0v) is 19.6. The van der Waals surface area contributed by atoms with Crippen LogP contribution in [0.5, 0.6) is 5.75 Å². The molecule has 1 saturated carbocycles. The van der Waals surface area contributed by atoms with Gasteiger partial charge in [-0.3, -0.25) is 10.00 Å². The van der Waals surface area contributed by atoms with E-state index in [-0.39, 0.29) is 23.9 Å². The molecule has 4 aromatic rings. The molecule has 2 aromatic heterocycles. The lowest BCUT2D eigenvalue weighted by Gasteiger charge is -2.38. The van der Waals surface area contributed by atoms with Crippen molar-refractivity contribution in [3.05, 3.63) is 59.7 Å². The van der Waals surface area contributed by atoms with E-state index in [1.807, 2.05) is 13.0 Å². The molecule has 0 amide bonds. The molecule has 2 aromatic carbocycles. The molecular weight excluding hydrogens is 445 g/mol. The van der Waals surface area contributed by atoms with Gasteiger partial charge in [-0.2, -0.15) is 5.10 Å². The maximum Gasteiger partial charge on any atom is 0.159 e. The highest BCUT2D eigenvalue weighted by molar-refractivity contribution is 5.95. The maximum atomic E-state index is 15.6. The number of aryl methyl sites for hydroxylation is 1. The highest BCUT2D eigenvalue weighted by Gasteiger charge is 2.36. The zero-order chi connectivity index (χ0) is 24.1. The molecule has 0 bridgehead atoms. The summed E-state index contributed by atoms with van der Waals surface area (Å²) in [5.41, 5.74) is 4.84. The molecule has 2 aliphatic rings. The van der Waals surface area contributed by atoms with E-state index in [0.717, 1.165) is 28.9 Å². The van der Waals surface area contributed by atoms with E-state index in [1.165, 1.54) is 19.3 Å². The minimum atomic E-state index is -0.410. The van der Waals surface area contributed by atoms with Gasteiger partial charge in [-0.1, -0.05) is 31.6 Å². The van der Waals surface area contributed by atoms with E-state index in [1.54, 1.807) is 30.5 Å². The van der Waals surface area contributed by atoms with Crippen LogP contribution in [0.4, 0.5) is 4.39 Å². The fraction of sp³-hybridized carbons (Fsp3) is 0.333. The number of aliphatic hydroxyl groups excluding tert-OH is 1. The van der Waals surface area contributed by atoms with Gasteiger partial charge >= 0.3 is 0 Å². The van der Waals surface area contributed by atoms with Crippen molar-refractivity contribution >= 4 is 16.5 Å². The Kier molecular flexibility index (Phi) is 5.42. The third-order valence-electron chi connectivity index (χ3n) is 7.55. The van der Waals surface area contributed by atoms with E-state index < -0.39 is 5.82 Å². The van der Waals surface area contributed by atoms with Crippen LogP contribution in [0.25, 0.3) is 39.1 Å². The summed E-state index contributed by atoms with van der Waals surface area (Å²) < 4.78 is 15.6. The molecule has 0 radical (unpaired) electrons. The highest BCUT2D eigenvalue weighted by Crippen LogP contribution is 2.37. The van der Waals surface area contributed by atoms with Crippen LogP contribution in [0.3, 0.4) is 0 Å². The number of nitrogens with zero attached hydrogens (tertiary/aromatic N) is 3. The summed E-state index contributed by atoms with van der Waals surface area (Å²) >= 11 is 0. The van der Waals surface area contributed by atoms with E-state index >= 15 is 4.39 Å². The van der Waals surface area contributed by atoms with Crippen LogP contribution in [0.1, 0.15) is 37.4 Å². The summed E-state index contributed by atoms with van der Waals surface area (Å²) in [4.78, 5) is 10.3. The number of fused-ring (bicyclic) bond motifs is 1. The van der Waals surface area contributed by atoms with E-state index in [0.29, 0.717) is 34.9 Å². The van der Waals surface area contributed by atoms with Crippen molar-refractivity contribution in [1.82, 2.24) is 25.1 Å². The predicted octanol–water partition coefficient (Wildman–Crippen LogP) is 4.64. The Morgan fingerprint density at radius 3 is 2.74 bits per heavy atom. The van der Waals surface area contributed by atoms with Gasteiger partial charge in [-0.15, -0.1) is 0 Å². The minimum Gasteiger partial charge on any atom is -0.508 e. The fourth-order valence-corrected chi connectivity index (χ4v) is 5.43. The number of phenolic OH excluding ortho intramolecular Hbond substituents is 1. The molecule has 3 heterocycles. The molecule has 8 heteroatoms. The molecule has 0 spiro atoms. The summed E-state index contributed by atoms with van der Waals surface area (Å²) in [6.07, 6.45) is 8.23. The third-order valence-corrected chi connectivity index (χ3v) is 7.55. The lowest BCUT2D eigenvalue weighted by Crippen LogP contribution is -2.45. The normalized spacial score (nSPS) is 18.8. The molecule has 0 saturated heterocycles. The van der Waals surface area contributed by atoms with Gasteiger partial charge in [0.15, 0.2) is 11.6 Å². The van der Waals surface area contributed by atoms with E-state index in [9.17, 15) is 10.2 Å². The third kappa shape index (κ3) is 3.56. The van der Waals surface area contributed by atoms with Crippen LogP contribution in [0.15, 0.2) is 42.6 Å². The van der Waals surface area contributed by atoms with Crippen molar-refractivity contribution in [2.45, 2.75) is 44.7 Å². The number of hydrogen-bond acceptors (Lipinski definition) is 5. The lowest BCUT2D eigenvalue weighted by molar-refractivity contribution is 0.0925. The number of H-pyrrole nitrogens is 2. The first-order valence-corrected chi connectivity index (χ1v) is 12.2. The van der Waals surface area contributed by atoms with Crippen LogP contribution in [-0.2, 0) is 6.42 Å². The number of aromatic nitrogens is 4. The average molecular weight is 474 g/mol. The Morgan fingerprint density at radius 2 is 2.00 bits per heavy atom. The summed E-state index contributed by atoms with van der Waals surface area (Å²) in [7, 11) is 0. The number of phenols is 1. The Bertz CT molecular complexity index is 1430. The monoisotopic (exact) mass is 473 g/mol. The van der Waals surface area contributed by atoms with Crippen LogP contribution < -0.4 is 0 Å². The Morgan fingerprint density at radius 1 is 1.17 bits per heavy atom. The molecule has 4 N–H and O–H groups in total. The van der Waals surface area contributed by atoms with Gasteiger partial charge in [0.05, 0.1) is 24.5 Å². The SMILES string of the molecule is CCc1cc(O)ccc1-c1ccc2c(-c3ncc(C4=CCN(C5CCC5)[C@H]4CO)[nH]3)[nH]nc2c1F. The Hall–Kier alpha value is -3.49. The van der Waals surface area contributed by atoms with Crippen molar-refractivity contribution in [2.75, 3.05) is 13.2 Å². The van der Waals surface area contributed by atoms with Gasteiger partial charge in [0.1, 0.15) is 17.0 Å². The number of aromatic hydroxyl groups is 1. The van der Waals surface area contributed by atoms with Gasteiger partial charge in [0.2, 0.25) is 0 Å². The molecule has 6 rings (SSSR count). The summed E-state index contributed by atoms with van der Waals surface area (Å²) in [6.45, 7) is 2.87. The molecular formula is C27H28FN5O2. The van der Waals surface area contributed by atoms with Crippen molar-refractivity contribution < 1.29 is 14.6 Å². The number of aliphatic hydroxyl groups is 1. The molecule has 1 aliphatic heterocycles.